The third-order valence-electron chi connectivity index (χ3n) is 5.99. The van der Waals surface area contributed by atoms with E-state index in [1.165, 1.54) is 49.9 Å². The van der Waals surface area contributed by atoms with Gasteiger partial charge in [-0.1, -0.05) is 12.8 Å². The Morgan fingerprint density at radius 3 is 3.04 bits per heavy atom. The first-order valence-electron chi connectivity index (χ1n) is 9.58. The van der Waals surface area contributed by atoms with E-state index in [1.54, 1.807) is 6.26 Å². The van der Waals surface area contributed by atoms with Crippen molar-refractivity contribution in [2.24, 2.45) is 5.92 Å². The molecule has 0 bridgehead atoms. The van der Waals surface area contributed by atoms with Gasteiger partial charge in [0.1, 0.15) is 16.4 Å². The number of fused-ring (bicyclic) bond motifs is 2. The summed E-state index contributed by atoms with van der Waals surface area (Å²) in [4.78, 5) is 23.9. The van der Waals surface area contributed by atoms with Gasteiger partial charge in [0.05, 0.1) is 18.2 Å². The fourth-order valence-corrected chi connectivity index (χ4v) is 5.75. The number of rotatable bonds is 3. The number of aromatic amines is 1. The van der Waals surface area contributed by atoms with E-state index in [1.807, 2.05) is 17.5 Å². The van der Waals surface area contributed by atoms with Gasteiger partial charge in [-0.05, 0) is 50.3 Å². The van der Waals surface area contributed by atoms with Crippen LogP contribution in [0.2, 0.25) is 0 Å². The molecule has 1 saturated heterocycles. The number of piperidine rings is 1. The molecule has 0 amide bonds. The van der Waals surface area contributed by atoms with Crippen LogP contribution < -0.4 is 5.56 Å². The van der Waals surface area contributed by atoms with E-state index in [0.717, 1.165) is 41.0 Å². The second-order valence-electron chi connectivity index (χ2n) is 7.54. The summed E-state index contributed by atoms with van der Waals surface area (Å²) in [5, 5.41) is 2.61. The van der Waals surface area contributed by atoms with Crippen molar-refractivity contribution in [1.29, 1.82) is 0 Å². The molecule has 1 N–H and O–H groups in total. The molecule has 2 fully saturated rings. The topological polar surface area (TPSA) is 62.1 Å². The number of nitrogens with one attached hydrogen (secondary N) is 1. The van der Waals surface area contributed by atoms with Crippen LogP contribution in [0.1, 0.15) is 44.3 Å². The van der Waals surface area contributed by atoms with Crippen molar-refractivity contribution in [1.82, 2.24) is 14.9 Å². The molecule has 0 unspecified atom stereocenters. The summed E-state index contributed by atoms with van der Waals surface area (Å²) in [6, 6.07) is 4.39. The smallest absolute Gasteiger partial charge is 0.260 e. The molecule has 6 heteroatoms. The molecule has 3 aromatic rings. The van der Waals surface area contributed by atoms with Gasteiger partial charge in [0, 0.05) is 17.0 Å². The molecule has 4 heterocycles. The molecule has 26 heavy (non-hydrogen) atoms. The molecule has 1 aliphatic heterocycles. The molecule has 136 valence electrons. The second-order valence-corrected chi connectivity index (χ2v) is 8.40. The van der Waals surface area contributed by atoms with Crippen LogP contribution in [0.5, 0.6) is 0 Å². The Balaban J connectivity index is 1.46. The van der Waals surface area contributed by atoms with Gasteiger partial charge in [-0.15, -0.1) is 11.3 Å². The van der Waals surface area contributed by atoms with Crippen LogP contribution in [0.3, 0.4) is 0 Å². The van der Waals surface area contributed by atoms with Gasteiger partial charge < -0.3 is 9.40 Å². The molecule has 2 atom stereocenters. The van der Waals surface area contributed by atoms with Crippen LogP contribution >= 0.6 is 11.3 Å². The van der Waals surface area contributed by atoms with Crippen molar-refractivity contribution in [3.63, 3.8) is 0 Å². The third-order valence-corrected chi connectivity index (χ3v) is 6.86. The molecule has 5 rings (SSSR count). The Bertz CT molecular complexity index is 957. The van der Waals surface area contributed by atoms with Crippen LogP contribution in [-0.4, -0.2) is 27.5 Å². The average molecular weight is 369 g/mol. The maximum Gasteiger partial charge on any atom is 0.260 e. The normalized spacial score (nSPS) is 24.0. The quantitative estimate of drug-likeness (QED) is 0.743. The molecule has 3 aromatic heterocycles. The number of H-pyrrole nitrogens is 1. The summed E-state index contributed by atoms with van der Waals surface area (Å²) in [5.41, 5.74) is 0.774. The number of thiophene rings is 1. The van der Waals surface area contributed by atoms with E-state index >= 15 is 0 Å². The third kappa shape index (κ3) is 2.81. The Kier molecular flexibility index (Phi) is 4.17. The van der Waals surface area contributed by atoms with Crippen molar-refractivity contribution in [3.8, 4) is 11.3 Å². The van der Waals surface area contributed by atoms with Gasteiger partial charge in [0.25, 0.3) is 5.56 Å². The molecular weight excluding hydrogens is 346 g/mol. The number of nitrogens with zero attached hydrogens (tertiary/aromatic N) is 2. The van der Waals surface area contributed by atoms with Crippen molar-refractivity contribution < 1.29 is 4.42 Å². The highest BCUT2D eigenvalue weighted by molar-refractivity contribution is 7.17. The summed E-state index contributed by atoms with van der Waals surface area (Å²) in [6.07, 6.45) is 9.61. The Morgan fingerprint density at radius 2 is 2.15 bits per heavy atom. The van der Waals surface area contributed by atoms with Crippen LogP contribution in [0, 0.1) is 5.92 Å². The average Bonchev–Trinajstić information content (AvgIpc) is 3.31. The van der Waals surface area contributed by atoms with Crippen molar-refractivity contribution in [2.45, 2.75) is 51.1 Å². The second kappa shape index (κ2) is 6.67. The maximum atomic E-state index is 12.8. The van der Waals surface area contributed by atoms with Gasteiger partial charge in [-0.3, -0.25) is 9.69 Å². The summed E-state index contributed by atoms with van der Waals surface area (Å²) in [5.74, 6) is 2.35. The van der Waals surface area contributed by atoms with Gasteiger partial charge in [-0.2, -0.15) is 0 Å². The molecule has 0 aromatic carbocycles. The lowest BCUT2D eigenvalue weighted by Crippen LogP contribution is -2.46. The van der Waals surface area contributed by atoms with E-state index in [2.05, 4.69) is 9.88 Å². The monoisotopic (exact) mass is 369 g/mol. The molecular formula is C20H23N3O2S. The summed E-state index contributed by atoms with van der Waals surface area (Å²) in [6.45, 7) is 1.87. The minimum atomic E-state index is -0.0603. The Hall–Kier alpha value is -1.92. The first-order valence-corrected chi connectivity index (χ1v) is 10.5. The van der Waals surface area contributed by atoms with E-state index in [-0.39, 0.29) is 5.56 Å². The van der Waals surface area contributed by atoms with Gasteiger partial charge in [-0.25, -0.2) is 4.98 Å². The zero-order valence-corrected chi connectivity index (χ0v) is 15.6. The van der Waals surface area contributed by atoms with Crippen molar-refractivity contribution in [3.05, 3.63) is 40.0 Å². The number of hydrogen-bond acceptors (Lipinski definition) is 5. The number of furan rings is 1. The highest BCUT2D eigenvalue weighted by atomic mass is 32.1. The van der Waals surface area contributed by atoms with Crippen LogP contribution in [-0.2, 0) is 6.54 Å². The summed E-state index contributed by atoms with van der Waals surface area (Å²) >= 11 is 1.52. The van der Waals surface area contributed by atoms with Gasteiger partial charge >= 0.3 is 0 Å². The first-order chi connectivity index (χ1) is 12.8. The van der Waals surface area contributed by atoms with Gasteiger partial charge in [0.2, 0.25) is 0 Å². The minimum Gasteiger partial charge on any atom is -0.464 e. The number of likely N-dealkylation sites (tertiary alicyclic amines) is 1. The lowest BCUT2D eigenvalue weighted by atomic mass is 9.78. The van der Waals surface area contributed by atoms with Crippen LogP contribution in [0.15, 0.2) is 33.0 Å². The summed E-state index contributed by atoms with van der Waals surface area (Å²) in [7, 11) is 0. The molecule has 1 aliphatic carbocycles. The Morgan fingerprint density at radius 1 is 1.27 bits per heavy atom. The largest absolute Gasteiger partial charge is 0.464 e. The van der Waals surface area contributed by atoms with E-state index < -0.39 is 0 Å². The van der Waals surface area contributed by atoms with E-state index in [4.69, 9.17) is 9.40 Å². The molecule has 0 spiro atoms. The summed E-state index contributed by atoms with van der Waals surface area (Å²) < 4.78 is 5.47. The highest BCUT2D eigenvalue weighted by Crippen LogP contribution is 2.36. The molecule has 2 aliphatic rings. The fourth-order valence-electron chi connectivity index (χ4n) is 4.80. The zero-order chi connectivity index (χ0) is 17.5. The Labute approximate surface area is 156 Å². The van der Waals surface area contributed by atoms with Crippen molar-refractivity contribution in [2.75, 3.05) is 6.54 Å². The number of hydrogen-bond donors (Lipinski definition) is 1. The molecule has 5 nitrogen and oxygen atoms in total. The predicted molar refractivity (Wildman–Crippen MR) is 103 cm³/mol. The fraction of sp³-hybridized carbons (Fsp3) is 0.500. The van der Waals surface area contributed by atoms with Crippen LogP contribution in [0.4, 0.5) is 0 Å². The minimum absolute atomic E-state index is 0.0603. The van der Waals surface area contributed by atoms with E-state index in [0.29, 0.717) is 11.4 Å². The van der Waals surface area contributed by atoms with E-state index in [9.17, 15) is 4.79 Å². The molecule has 0 radical (unpaired) electrons. The zero-order valence-electron chi connectivity index (χ0n) is 14.7. The number of aromatic nitrogens is 2. The highest BCUT2D eigenvalue weighted by Gasteiger charge is 2.33. The van der Waals surface area contributed by atoms with Gasteiger partial charge in [0.15, 0.2) is 0 Å². The first kappa shape index (κ1) is 16.3. The SMILES string of the molecule is O=c1[nH]c(CN2CCC[C@@H]3CCCC[C@H]32)nc2scc(-c3ccco3)c12. The maximum absolute atomic E-state index is 12.8. The standard InChI is InChI=1S/C20H23N3O2S/c24-19-18-14(16-8-4-10-25-16)12-26-20(18)22-17(21-19)11-23-9-3-6-13-5-1-2-7-15(13)23/h4,8,10,12-13,15H,1-3,5-7,9,11H2,(H,21,22,24)/t13-,15+/m0/s1. The lowest BCUT2D eigenvalue weighted by Gasteiger charge is -2.43. The molecule has 1 saturated carbocycles. The van der Waals surface area contributed by atoms with Crippen LogP contribution in [0.25, 0.3) is 21.5 Å². The lowest BCUT2D eigenvalue weighted by molar-refractivity contribution is 0.0527. The predicted octanol–water partition coefficient (Wildman–Crippen LogP) is 4.40. The van der Waals surface area contributed by atoms with Crippen molar-refractivity contribution >= 4 is 21.6 Å².